The number of carbonyl (C=O) groups excluding carboxylic acids is 1. The van der Waals surface area contributed by atoms with E-state index in [1.165, 1.54) is 12.1 Å². The summed E-state index contributed by atoms with van der Waals surface area (Å²) >= 11 is 0. The molecule has 2 aromatic rings. The summed E-state index contributed by atoms with van der Waals surface area (Å²) in [5, 5.41) is 2.77. The van der Waals surface area contributed by atoms with Gasteiger partial charge in [-0.3, -0.25) is 4.79 Å². The predicted octanol–water partition coefficient (Wildman–Crippen LogP) is 2.56. The Morgan fingerprint density at radius 1 is 1.08 bits per heavy atom. The van der Waals surface area contributed by atoms with Crippen molar-refractivity contribution in [3.63, 3.8) is 0 Å². The number of benzene rings is 2. The lowest BCUT2D eigenvalue weighted by atomic mass is 10.1. The van der Waals surface area contributed by atoms with Crippen LogP contribution in [0.2, 0.25) is 0 Å². The van der Waals surface area contributed by atoms with Gasteiger partial charge in [-0.1, -0.05) is 18.2 Å². The Kier molecular flexibility index (Phi) is 6.69. The molecule has 0 spiro atoms. The average Bonchev–Trinajstić information content (AvgIpc) is 2.59. The first kappa shape index (κ1) is 19.1. The summed E-state index contributed by atoms with van der Waals surface area (Å²) in [5.74, 6) is -0.230. The molecule has 0 radical (unpaired) electrons. The molecule has 0 fully saturated rings. The highest BCUT2D eigenvalue weighted by Crippen LogP contribution is 2.16. The molecule has 134 valence electrons. The van der Waals surface area contributed by atoms with Crippen molar-refractivity contribution in [3.8, 4) is 0 Å². The molecule has 0 aliphatic carbocycles. The molecule has 25 heavy (non-hydrogen) atoms. The number of ether oxygens (including phenoxy) is 1. The Labute approximate surface area is 148 Å². The van der Waals surface area contributed by atoms with Gasteiger partial charge in [0.2, 0.25) is 10.0 Å². The number of aryl methyl sites for hydroxylation is 1. The van der Waals surface area contributed by atoms with Gasteiger partial charge < -0.3 is 10.1 Å². The monoisotopic (exact) mass is 362 g/mol. The molecule has 0 aromatic heterocycles. The van der Waals surface area contributed by atoms with Crippen LogP contribution in [0.5, 0.6) is 0 Å². The van der Waals surface area contributed by atoms with Gasteiger partial charge in [0.1, 0.15) is 0 Å². The van der Waals surface area contributed by atoms with E-state index >= 15 is 0 Å². The second-order valence-corrected chi connectivity index (χ2v) is 7.30. The first-order valence-electron chi connectivity index (χ1n) is 7.89. The quantitative estimate of drug-likeness (QED) is 0.707. The third-order valence-corrected chi connectivity index (χ3v) is 5.11. The van der Waals surface area contributed by atoms with E-state index in [1.807, 2.05) is 19.1 Å². The van der Waals surface area contributed by atoms with Gasteiger partial charge in [0.15, 0.2) is 0 Å². The highest BCUT2D eigenvalue weighted by atomic mass is 32.2. The van der Waals surface area contributed by atoms with E-state index in [2.05, 4.69) is 10.0 Å². The van der Waals surface area contributed by atoms with Crippen LogP contribution in [0.1, 0.15) is 22.3 Å². The van der Waals surface area contributed by atoms with Gasteiger partial charge in [-0.05, 0) is 49.2 Å². The van der Waals surface area contributed by atoms with Gasteiger partial charge in [-0.2, -0.15) is 0 Å². The van der Waals surface area contributed by atoms with Crippen LogP contribution in [-0.4, -0.2) is 34.6 Å². The lowest BCUT2D eigenvalue weighted by Gasteiger charge is -2.09. The number of methoxy groups -OCH3 is 1. The molecule has 2 N–H and O–H groups in total. The summed E-state index contributed by atoms with van der Waals surface area (Å²) in [6.45, 7) is 2.66. The van der Waals surface area contributed by atoms with E-state index in [-0.39, 0.29) is 10.8 Å². The number of carbonyl (C=O) groups is 1. The maximum atomic E-state index is 12.3. The van der Waals surface area contributed by atoms with E-state index in [0.29, 0.717) is 30.8 Å². The minimum Gasteiger partial charge on any atom is -0.385 e. The van der Waals surface area contributed by atoms with E-state index in [9.17, 15) is 13.2 Å². The van der Waals surface area contributed by atoms with Crippen molar-refractivity contribution < 1.29 is 17.9 Å². The minimum absolute atomic E-state index is 0.152. The van der Waals surface area contributed by atoms with E-state index in [1.54, 1.807) is 31.4 Å². The van der Waals surface area contributed by atoms with Crippen LogP contribution in [0.4, 0.5) is 5.69 Å². The van der Waals surface area contributed by atoms with Gasteiger partial charge in [0.25, 0.3) is 5.91 Å². The molecule has 6 nitrogen and oxygen atoms in total. The van der Waals surface area contributed by atoms with Crippen molar-refractivity contribution in [2.45, 2.75) is 18.2 Å². The zero-order valence-corrected chi connectivity index (χ0v) is 15.1. The van der Waals surface area contributed by atoms with Gasteiger partial charge in [-0.25, -0.2) is 13.1 Å². The van der Waals surface area contributed by atoms with Crippen molar-refractivity contribution in [2.75, 3.05) is 25.6 Å². The number of rotatable bonds is 8. The Morgan fingerprint density at radius 3 is 2.40 bits per heavy atom. The van der Waals surface area contributed by atoms with Crippen LogP contribution in [0.3, 0.4) is 0 Å². The highest BCUT2D eigenvalue weighted by molar-refractivity contribution is 7.89. The second-order valence-electron chi connectivity index (χ2n) is 5.54. The van der Waals surface area contributed by atoms with Crippen molar-refractivity contribution in [1.82, 2.24) is 4.72 Å². The summed E-state index contributed by atoms with van der Waals surface area (Å²) in [7, 11) is -2.00. The fraction of sp³-hybridized carbons (Fsp3) is 0.278. The van der Waals surface area contributed by atoms with Gasteiger partial charge in [0, 0.05) is 31.5 Å². The molecule has 0 aliphatic heterocycles. The molecule has 0 atom stereocenters. The van der Waals surface area contributed by atoms with Crippen molar-refractivity contribution in [2.24, 2.45) is 0 Å². The van der Waals surface area contributed by atoms with E-state index < -0.39 is 10.0 Å². The fourth-order valence-electron chi connectivity index (χ4n) is 2.25. The molecule has 0 aliphatic rings. The van der Waals surface area contributed by atoms with E-state index in [4.69, 9.17) is 4.74 Å². The Bertz CT molecular complexity index is 817. The Morgan fingerprint density at radius 2 is 1.76 bits per heavy atom. The lowest BCUT2D eigenvalue weighted by Crippen LogP contribution is -2.25. The Balaban J connectivity index is 2.02. The smallest absolute Gasteiger partial charge is 0.255 e. The summed E-state index contributed by atoms with van der Waals surface area (Å²) < 4.78 is 31.7. The third-order valence-electron chi connectivity index (χ3n) is 3.63. The van der Waals surface area contributed by atoms with Gasteiger partial charge >= 0.3 is 0 Å². The molecule has 0 saturated heterocycles. The molecule has 1 amide bonds. The molecular weight excluding hydrogens is 340 g/mol. The van der Waals surface area contributed by atoms with Gasteiger partial charge in [-0.15, -0.1) is 0 Å². The Hall–Kier alpha value is -2.22. The molecule has 0 heterocycles. The van der Waals surface area contributed by atoms with Crippen LogP contribution >= 0.6 is 0 Å². The largest absolute Gasteiger partial charge is 0.385 e. The third kappa shape index (κ3) is 5.38. The standard InChI is InChI=1S/C18H22N2O4S/c1-14-6-3-4-7-17(14)18(21)20-15-8-10-16(11-9-15)25(22,23)19-12-5-13-24-2/h3-4,6-11,19H,5,12-13H2,1-2H3,(H,20,21). The predicted molar refractivity (Wildman–Crippen MR) is 97.3 cm³/mol. The van der Waals surface area contributed by atoms with Crippen molar-refractivity contribution in [3.05, 3.63) is 59.7 Å². The molecule has 0 bridgehead atoms. The highest BCUT2D eigenvalue weighted by Gasteiger charge is 2.14. The van der Waals surface area contributed by atoms with Crippen LogP contribution < -0.4 is 10.0 Å². The number of hydrogen-bond donors (Lipinski definition) is 2. The maximum absolute atomic E-state index is 12.3. The average molecular weight is 362 g/mol. The summed E-state index contributed by atoms with van der Waals surface area (Å²) in [5.41, 5.74) is 1.99. The van der Waals surface area contributed by atoms with Gasteiger partial charge in [0.05, 0.1) is 4.90 Å². The van der Waals surface area contributed by atoms with Crippen LogP contribution in [0, 0.1) is 6.92 Å². The molecule has 0 unspecified atom stereocenters. The number of sulfonamides is 1. The normalized spacial score (nSPS) is 11.3. The summed E-state index contributed by atoms with van der Waals surface area (Å²) in [4.78, 5) is 12.4. The van der Waals surface area contributed by atoms with Crippen LogP contribution in [0.15, 0.2) is 53.4 Å². The number of hydrogen-bond acceptors (Lipinski definition) is 4. The SMILES string of the molecule is COCCCNS(=O)(=O)c1ccc(NC(=O)c2ccccc2C)cc1. The molecule has 7 heteroatoms. The van der Waals surface area contributed by atoms with Crippen molar-refractivity contribution in [1.29, 1.82) is 0 Å². The summed E-state index contributed by atoms with van der Waals surface area (Å²) in [6, 6.07) is 13.3. The first-order valence-corrected chi connectivity index (χ1v) is 9.38. The zero-order valence-electron chi connectivity index (χ0n) is 14.3. The molecule has 2 aromatic carbocycles. The fourth-order valence-corrected chi connectivity index (χ4v) is 3.32. The molecule has 2 rings (SSSR count). The minimum atomic E-state index is -3.56. The summed E-state index contributed by atoms with van der Waals surface area (Å²) in [6.07, 6.45) is 0.598. The zero-order chi connectivity index (χ0) is 18.3. The first-order chi connectivity index (χ1) is 11.9. The maximum Gasteiger partial charge on any atom is 0.255 e. The van der Waals surface area contributed by atoms with Crippen LogP contribution in [0.25, 0.3) is 0 Å². The number of nitrogens with one attached hydrogen (secondary N) is 2. The molecule has 0 saturated carbocycles. The molecular formula is C18H22N2O4S. The van der Waals surface area contributed by atoms with Crippen molar-refractivity contribution >= 4 is 21.6 Å². The number of anilines is 1. The van der Waals surface area contributed by atoms with E-state index in [0.717, 1.165) is 5.56 Å². The van der Waals surface area contributed by atoms with Crippen LogP contribution in [-0.2, 0) is 14.8 Å². The lowest BCUT2D eigenvalue weighted by molar-refractivity contribution is 0.102. The second kappa shape index (κ2) is 8.75. The topological polar surface area (TPSA) is 84.5 Å². The number of amides is 1.